The quantitative estimate of drug-likeness (QED) is 0.467. The molecule has 0 bridgehead atoms. The summed E-state index contributed by atoms with van der Waals surface area (Å²) in [6.45, 7) is 2.57. The van der Waals surface area contributed by atoms with Crippen molar-refractivity contribution in [1.82, 2.24) is 24.6 Å². The molecule has 4 heterocycles. The molecule has 1 aliphatic carbocycles. The minimum absolute atomic E-state index is 0.0556. The molecule has 1 saturated heterocycles. The van der Waals surface area contributed by atoms with Crippen molar-refractivity contribution in [2.75, 3.05) is 24.5 Å². The summed E-state index contributed by atoms with van der Waals surface area (Å²) < 4.78 is 55.1. The highest BCUT2D eigenvalue weighted by atomic mass is 35.5. The third-order valence-corrected chi connectivity index (χ3v) is 7.57. The van der Waals surface area contributed by atoms with Gasteiger partial charge in [0.15, 0.2) is 5.82 Å². The summed E-state index contributed by atoms with van der Waals surface area (Å²) in [5, 5.41) is 9.23. The summed E-state index contributed by atoms with van der Waals surface area (Å²) in [4.78, 5) is 7.70. The zero-order valence-electron chi connectivity index (χ0n) is 19.0. The van der Waals surface area contributed by atoms with Gasteiger partial charge in [-0.25, -0.2) is 9.37 Å². The van der Waals surface area contributed by atoms with Gasteiger partial charge in [-0.15, -0.1) is 10.2 Å². The van der Waals surface area contributed by atoms with Crippen molar-refractivity contribution in [2.45, 2.75) is 44.9 Å². The van der Waals surface area contributed by atoms with Crippen LogP contribution < -0.4 is 4.90 Å². The molecule has 0 N–H and O–H groups in total. The summed E-state index contributed by atoms with van der Waals surface area (Å²) in [7, 11) is 0. The molecule has 1 aromatic carbocycles. The van der Waals surface area contributed by atoms with Crippen LogP contribution in [0, 0.1) is 18.2 Å². The van der Waals surface area contributed by atoms with Gasteiger partial charge in [0.25, 0.3) is 0 Å². The fraction of sp³-hybridized carbons (Fsp3) is 0.458. The molecule has 0 amide bonds. The van der Waals surface area contributed by atoms with Gasteiger partial charge in [-0.3, -0.25) is 9.47 Å². The van der Waals surface area contributed by atoms with Crippen LogP contribution in [0.4, 0.5) is 23.4 Å². The van der Waals surface area contributed by atoms with Crippen LogP contribution in [0.15, 0.2) is 30.5 Å². The van der Waals surface area contributed by atoms with Gasteiger partial charge >= 0.3 is 6.18 Å². The van der Waals surface area contributed by atoms with E-state index in [1.54, 1.807) is 25.1 Å². The third kappa shape index (κ3) is 4.06. The second-order valence-corrected chi connectivity index (χ2v) is 10.5. The van der Waals surface area contributed by atoms with E-state index in [0.717, 1.165) is 48.8 Å². The van der Waals surface area contributed by atoms with Crippen LogP contribution in [0.25, 0.3) is 5.69 Å². The normalized spacial score (nSPS) is 19.7. The van der Waals surface area contributed by atoms with E-state index in [1.807, 2.05) is 10.6 Å². The van der Waals surface area contributed by atoms with Crippen molar-refractivity contribution in [3.05, 3.63) is 64.1 Å². The molecule has 1 spiro atoms. The summed E-state index contributed by atoms with van der Waals surface area (Å²) in [5.74, 6) is 1.93. The van der Waals surface area contributed by atoms with Crippen LogP contribution in [0.1, 0.15) is 41.5 Å². The van der Waals surface area contributed by atoms with Gasteiger partial charge in [0.05, 0.1) is 25.0 Å². The highest BCUT2D eigenvalue weighted by molar-refractivity contribution is 6.30. The summed E-state index contributed by atoms with van der Waals surface area (Å²) in [6.07, 6.45) is -1.23. The molecule has 2 aromatic heterocycles. The number of pyridine rings is 1. The van der Waals surface area contributed by atoms with Crippen LogP contribution in [-0.4, -0.2) is 50.5 Å². The Labute approximate surface area is 204 Å². The molecule has 184 valence electrons. The fourth-order valence-corrected chi connectivity index (χ4v) is 5.96. The van der Waals surface area contributed by atoms with E-state index in [4.69, 9.17) is 11.6 Å². The SMILES string of the molecule is Cc1cc(N2CC3(CC(c4nnc5n4-c4ccc(Cl)cc4CN(CC(F)(F)F)C5)C3)C2)ncc1F. The van der Waals surface area contributed by atoms with Crippen LogP contribution in [0.3, 0.4) is 0 Å². The molecule has 35 heavy (non-hydrogen) atoms. The van der Waals surface area contributed by atoms with E-state index in [2.05, 4.69) is 20.1 Å². The lowest BCUT2D eigenvalue weighted by atomic mass is 9.57. The molecule has 1 saturated carbocycles. The van der Waals surface area contributed by atoms with Gasteiger partial charge in [-0.2, -0.15) is 13.2 Å². The minimum atomic E-state index is -4.31. The Hall–Kier alpha value is -2.72. The van der Waals surface area contributed by atoms with Gasteiger partial charge in [-0.05, 0) is 55.2 Å². The largest absolute Gasteiger partial charge is 0.401 e. The van der Waals surface area contributed by atoms with Crippen LogP contribution in [-0.2, 0) is 13.1 Å². The molecule has 2 aliphatic heterocycles. The second-order valence-electron chi connectivity index (χ2n) is 10.1. The zero-order chi connectivity index (χ0) is 24.5. The van der Waals surface area contributed by atoms with E-state index in [1.165, 1.54) is 11.1 Å². The van der Waals surface area contributed by atoms with Gasteiger partial charge in [0, 0.05) is 36.0 Å². The lowest BCUT2D eigenvalue weighted by Crippen LogP contribution is -2.62. The molecule has 6 rings (SSSR count). The van der Waals surface area contributed by atoms with Crippen molar-refractivity contribution < 1.29 is 17.6 Å². The van der Waals surface area contributed by atoms with Crippen molar-refractivity contribution in [3.8, 4) is 5.69 Å². The van der Waals surface area contributed by atoms with Gasteiger partial charge < -0.3 is 4.90 Å². The maximum absolute atomic E-state index is 13.6. The van der Waals surface area contributed by atoms with Crippen molar-refractivity contribution in [1.29, 1.82) is 0 Å². The maximum atomic E-state index is 13.6. The van der Waals surface area contributed by atoms with Gasteiger partial charge in [0.2, 0.25) is 0 Å². The van der Waals surface area contributed by atoms with E-state index >= 15 is 0 Å². The lowest BCUT2D eigenvalue weighted by Gasteiger charge is -2.59. The number of aromatic nitrogens is 4. The smallest absolute Gasteiger partial charge is 0.355 e. The first-order valence-electron chi connectivity index (χ1n) is 11.5. The van der Waals surface area contributed by atoms with E-state index in [0.29, 0.717) is 16.4 Å². The van der Waals surface area contributed by atoms with Crippen LogP contribution >= 0.6 is 11.6 Å². The molecule has 6 nitrogen and oxygen atoms in total. The summed E-state index contributed by atoms with van der Waals surface area (Å²) in [6, 6.07) is 7.08. The number of rotatable bonds is 3. The predicted octanol–water partition coefficient (Wildman–Crippen LogP) is 5.03. The maximum Gasteiger partial charge on any atom is 0.401 e. The minimum Gasteiger partial charge on any atom is -0.355 e. The molecular weight excluding hydrogens is 484 g/mol. The number of alkyl halides is 3. The van der Waals surface area contributed by atoms with Crippen LogP contribution in [0.2, 0.25) is 5.02 Å². The first-order chi connectivity index (χ1) is 16.6. The molecule has 0 unspecified atom stereocenters. The number of anilines is 1. The number of hydrogen-bond donors (Lipinski definition) is 0. The van der Waals surface area contributed by atoms with E-state index < -0.39 is 12.7 Å². The highest BCUT2D eigenvalue weighted by Gasteiger charge is 2.54. The van der Waals surface area contributed by atoms with Gasteiger partial charge in [0.1, 0.15) is 17.5 Å². The number of benzene rings is 1. The first kappa shape index (κ1) is 22.7. The molecule has 3 aromatic rings. The number of fused-ring (bicyclic) bond motifs is 3. The first-order valence-corrected chi connectivity index (χ1v) is 11.9. The predicted molar refractivity (Wildman–Crippen MR) is 122 cm³/mol. The monoisotopic (exact) mass is 506 g/mol. The topological polar surface area (TPSA) is 50.1 Å². The average molecular weight is 507 g/mol. The fourth-order valence-electron chi connectivity index (χ4n) is 5.77. The van der Waals surface area contributed by atoms with Crippen molar-refractivity contribution >= 4 is 17.4 Å². The van der Waals surface area contributed by atoms with Crippen molar-refractivity contribution in [2.24, 2.45) is 5.41 Å². The lowest BCUT2D eigenvalue weighted by molar-refractivity contribution is -0.148. The third-order valence-electron chi connectivity index (χ3n) is 7.33. The number of halogens is 5. The molecule has 0 atom stereocenters. The Balaban J connectivity index is 1.23. The Morgan fingerprint density at radius 1 is 1.11 bits per heavy atom. The van der Waals surface area contributed by atoms with Crippen LogP contribution in [0.5, 0.6) is 0 Å². The van der Waals surface area contributed by atoms with Gasteiger partial charge in [-0.1, -0.05) is 11.6 Å². The molecule has 2 fully saturated rings. The highest BCUT2D eigenvalue weighted by Crippen LogP contribution is 2.56. The molecular formula is C24H23ClF4N6. The Morgan fingerprint density at radius 3 is 2.60 bits per heavy atom. The number of aryl methyl sites for hydroxylation is 1. The zero-order valence-corrected chi connectivity index (χ0v) is 19.7. The Kier molecular flexibility index (Phi) is 5.12. The van der Waals surface area contributed by atoms with E-state index in [9.17, 15) is 17.6 Å². The molecule has 11 heteroatoms. The standard InChI is InChI=1S/C24H23ClF4N6/c1-14-4-20(30-8-18(14)26)34-11-23(12-34)6-16(7-23)22-32-31-21-10-33(13-24(27,28)29)9-15-5-17(25)2-3-19(15)35(21)22/h2-5,8,16H,6-7,9-13H2,1H3. The van der Waals surface area contributed by atoms with E-state index in [-0.39, 0.29) is 30.2 Å². The molecule has 0 radical (unpaired) electrons. The van der Waals surface area contributed by atoms with Crippen molar-refractivity contribution in [3.63, 3.8) is 0 Å². The summed E-state index contributed by atoms with van der Waals surface area (Å²) >= 11 is 6.19. The number of nitrogens with zero attached hydrogens (tertiary/aromatic N) is 6. The average Bonchev–Trinajstić information content (AvgIpc) is 3.03. The summed E-state index contributed by atoms with van der Waals surface area (Å²) in [5.41, 5.74) is 2.24. The second kappa shape index (κ2) is 7.89. The molecule has 3 aliphatic rings. The Morgan fingerprint density at radius 2 is 1.89 bits per heavy atom. The Bertz CT molecular complexity index is 1290. The number of hydrogen-bond acceptors (Lipinski definition) is 5.